The van der Waals surface area contributed by atoms with Crippen molar-refractivity contribution in [2.45, 2.75) is 32.7 Å². The lowest BCUT2D eigenvalue weighted by molar-refractivity contribution is -0.122. The van der Waals surface area contributed by atoms with Crippen molar-refractivity contribution in [3.63, 3.8) is 0 Å². The molecule has 0 radical (unpaired) electrons. The van der Waals surface area contributed by atoms with Gasteiger partial charge in [0.05, 0.1) is 6.54 Å². The molecule has 7 nitrogen and oxygen atoms in total. The third-order valence-electron chi connectivity index (χ3n) is 4.33. The molecule has 0 bridgehead atoms. The van der Waals surface area contributed by atoms with Crippen LogP contribution in [-0.2, 0) is 29.2 Å². The summed E-state index contributed by atoms with van der Waals surface area (Å²) in [5.41, 5.74) is 2.98. The molecule has 0 saturated carbocycles. The Labute approximate surface area is 169 Å². The van der Waals surface area contributed by atoms with Crippen molar-refractivity contribution in [1.29, 1.82) is 0 Å². The average molecular weight is 392 g/mol. The zero-order valence-electron chi connectivity index (χ0n) is 16.2. The molecule has 3 aromatic rings. The SMILES string of the molecule is CC(NC(=O)OCc1ccccc1)C(=O)NCc1ccc(Cn2cccn2)cc1. The first-order valence-electron chi connectivity index (χ1n) is 9.40. The second-order valence-electron chi connectivity index (χ2n) is 6.67. The van der Waals surface area contributed by atoms with E-state index in [4.69, 9.17) is 4.74 Å². The van der Waals surface area contributed by atoms with Crippen LogP contribution in [0.15, 0.2) is 73.1 Å². The standard InChI is InChI=1S/C22H24N4O3/c1-17(25-22(28)29-16-20-6-3-2-4-7-20)21(27)23-14-18-8-10-19(11-9-18)15-26-13-5-12-24-26/h2-13,17H,14-16H2,1H3,(H,23,27)(H,25,28). The molecule has 1 atom stereocenters. The molecule has 2 aromatic carbocycles. The summed E-state index contributed by atoms with van der Waals surface area (Å²) >= 11 is 0. The largest absolute Gasteiger partial charge is 0.445 e. The van der Waals surface area contributed by atoms with Gasteiger partial charge in [0, 0.05) is 18.9 Å². The number of rotatable bonds is 8. The van der Waals surface area contributed by atoms with E-state index in [2.05, 4.69) is 15.7 Å². The smallest absolute Gasteiger partial charge is 0.408 e. The van der Waals surface area contributed by atoms with Gasteiger partial charge in [0.15, 0.2) is 0 Å². The van der Waals surface area contributed by atoms with Crippen molar-refractivity contribution >= 4 is 12.0 Å². The first kappa shape index (κ1) is 20.1. The molecule has 1 heterocycles. The van der Waals surface area contributed by atoms with Gasteiger partial charge >= 0.3 is 6.09 Å². The highest BCUT2D eigenvalue weighted by Gasteiger charge is 2.16. The molecule has 150 valence electrons. The van der Waals surface area contributed by atoms with Gasteiger partial charge in [-0.2, -0.15) is 5.10 Å². The maximum atomic E-state index is 12.2. The molecule has 0 saturated heterocycles. The average Bonchev–Trinajstić information content (AvgIpc) is 3.25. The summed E-state index contributed by atoms with van der Waals surface area (Å²) in [6, 6.07) is 18.5. The van der Waals surface area contributed by atoms with Crippen LogP contribution in [0, 0.1) is 0 Å². The Morgan fingerprint density at radius 2 is 1.72 bits per heavy atom. The monoisotopic (exact) mass is 392 g/mol. The molecule has 0 aliphatic rings. The lowest BCUT2D eigenvalue weighted by atomic mass is 10.1. The Hall–Kier alpha value is -3.61. The van der Waals surface area contributed by atoms with Crippen molar-refractivity contribution in [2.75, 3.05) is 0 Å². The third-order valence-corrected chi connectivity index (χ3v) is 4.33. The molecule has 0 spiro atoms. The van der Waals surface area contributed by atoms with Crippen LogP contribution in [0.1, 0.15) is 23.6 Å². The van der Waals surface area contributed by atoms with Gasteiger partial charge in [-0.3, -0.25) is 9.48 Å². The Kier molecular flexibility index (Phi) is 7.00. The van der Waals surface area contributed by atoms with Gasteiger partial charge in [-0.05, 0) is 29.7 Å². The topological polar surface area (TPSA) is 85.2 Å². The van der Waals surface area contributed by atoms with Crippen molar-refractivity contribution in [2.24, 2.45) is 0 Å². The number of carbonyl (C=O) groups excluding carboxylic acids is 2. The number of alkyl carbamates (subject to hydrolysis) is 1. The summed E-state index contributed by atoms with van der Waals surface area (Å²) in [5, 5.41) is 9.54. The van der Waals surface area contributed by atoms with E-state index in [0.29, 0.717) is 13.1 Å². The van der Waals surface area contributed by atoms with Crippen LogP contribution >= 0.6 is 0 Å². The Morgan fingerprint density at radius 3 is 2.41 bits per heavy atom. The van der Waals surface area contributed by atoms with Crippen molar-refractivity contribution in [3.05, 3.63) is 89.7 Å². The Morgan fingerprint density at radius 1 is 1.00 bits per heavy atom. The van der Waals surface area contributed by atoms with E-state index in [1.165, 1.54) is 0 Å². The first-order valence-corrected chi connectivity index (χ1v) is 9.40. The van der Waals surface area contributed by atoms with Crippen LogP contribution in [0.2, 0.25) is 0 Å². The normalized spacial score (nSPS) is 11.5. The molecule has 29 heavy (non-hydrogen) atoms. The summed E-state index contributed by atoms with van der Waals surface area (Å²) in [5.74, 6) is -0.276. The van der Waals surface area contributed by atoms with Crippen molar-refractivity contribution in [3.8, 4) is 0 Å². The van der Waals surface area contributed by atoms with Crippen LogP contribution in [0.25, 0.3) is 0 Å². The fourth-order valence-electron chi connectivity index (χ4n) is 2.69. The van der Waals surface area contributed by atoms with Gasteiger partial charge in [0.1, 0.15) is 12.6 Å². The number of hydrogen-bond acceptors (Lipinski definition) is 4. The molecule has 0 fully saturated rings. The third kappa shape index (κ3) is 6.49. The molecule has 0 aliphatic carbocycles. The summed E-state index contributed by atoms with van der Waals surface area (Å²) < 4.78 is 6.98. The van der Waals surface area contributed by atoms with Crippen molar-refractivity contribution < 1.29 is 14.3 Å². The molecule has 7 heteroatoms. The van der Waals surface area contributed by atoms with Gasteiger partial charge in [-0.1, -0.05) is 54.6 Å². The maximum Gasteiger partial charge on any atom is 0.408 e. The Bertz CT molecular complexity index is 909. The zero-order chi connectivity index (χ0) is 20.5. The lowest BCUT2D eigenvalue weighted by Gasteiger charge is -2.14. The minimum atomic E-state index is -0.697. The zero-order valence-corrected chi connectivity index (χ0v) is 16.2. The highest BCUT2D eigenvalue weighted by Crippen LogP contribution is 2.06. The number of nitrogens with one attached hydrogen (secondary N) is 2. The summed E-state index contributed by atoms with van der Waals surface area (Å²) in [6.45, 7) is 2.86. The summed E-state index contributed by atoms with van der Waals surface area (Å²) in [6.07, 6.45) is 3.03. The highest BCUT2D eigenvalue weighted by molar-refractivity contribution is 5.85. The molecule has 3 rings (SSSR count). The van der Waals surface area contributed by atoms with Gasteiger partial charge in [0.2, 0.25) is 5.91 Å². The second kappa shape index (κ2) is 10.1. The van der Waals surface area contributed by atoms with E-state index in [-0.39, 0.29) is 12.5 Å². The van der Waals surface area contributed by atoms with Gasteiger partial charge in [-0.15, -0.1) is 0 Å². The molecular formula is C22H24N4O3. The minimum Gasteiger partial charge on any atom is -0.445 e. The fraction of sp³-hybridized carbons (Fsp3) is 0.227. The summed E-state index contributed by atoms with van der Waals surface area (Å²) in [4.78, 5) is 24.1. The predicted octanol–water partition coefficient (Wildman–Crippen LogP) is 2.86. The Balaban J connectivity index is 1.39. The predicted molar refractivity (Wildman–Crippen MR) is 109 cm³/mol. The maximum absolute atomic E-state index is 12.2. The lowest BCUT2D eigenvalue weighted by Crippen LogP contribution is -2.44. The fourth-order valence-corrected chi connectivity index (χ4v) is 2.69. The van der Waals surface area contributed by atoms with Crippen LogP contribution in [0.4, 0.5) is 4.79 Å². The highest BCUT2D eigenvalue weighted by atomic mass is 16.5. The van der Waals surface area contributed by atoms with Crippen LogP contribution < -0.4 is 10.6 Å². The van der Waals surface area contributed by atoms with E-state index in [0.717, 1.165) is 16.7 Å². The van der Waals surface area contributed by atoms with Crippen LogP contribution in [0.5, 0.6) is 0 Å². The van der Waals surface area contributed by atoms with Crippen LogP contribution in [-0.4, -0.2) is 27.8 Å². The van der Waals surface area contributed by atoms with E-state index in [1.807, 2.05) is 71.5 Å². The van der Waals surface area contributed by atoms with E-state index >= 15 is 0 Å². The summed E-state index contributed by atoms with van der Waals surface area (Å²) in [7, 11) is 0. The molecule has 1 aromatic heterocycles. The number of hydrogen-bond donors (Lipinski definition) is 2. The van der Waals surface area contributed by atoms with Gasteiger partial charge in [-0.25, -0.2) is 4.79 Å². The molecule has 2 amide bonds. The van der Waals surface area contributed by atoms with E-state index in [1.54, 1.807) is 13.1 Å². The number of benzene rings is 2. The number of nitrogens with zero attached hydrogens (tertiary/aromatic N) is 2. The number of amides is 2. The minimum absolute atomic E-state index is 0.159. The van der Waals surface area contributed by atoms with Gasteiger partial charge < -0.3 is 15.4 Å². The second-order valence-corrected chi connectivity index (χ2v) is 6.67. The molecular weight excluding hydrogens is 368 g/mol. The molecule has 2 N–H and O–H groups in total. The number of ether oxygens (including phenoxy) is 1. The van der Waals surface area contributed by atoms with Gasteiger partial charge in [0.25, 0.3) is 0 Å². The number of carbonyl (C=O) groups is 2. The van der Waals surface area contributed by atoms with Crippen LogP contribution in [0.3, 0.4) is 0 Å². The van der Waals surface area contributed by atoms with E-state index in [9.17, 15) is 9.59 Å². The van der Waals surface area contributed by atoms with E-state index < -0.39 is 12.1 Å². The quantitative estimate of drug-likeness (QED) is 0.617. The molecule has 1 unspecified atom stereocenters. The number of aromatic nitrogens is 2. The molecule has 0 aliphatic heterocycles. The van der Waals surface area contributed by atoms with Crippen molar-refractivity contribution in [1.82, 2.24) is 20.4 Å². The first-order chi connectivity index (χ1) is 14.1.